The summed E-state index contributed by atoms with van der Waals surface area (Å²) in [4.78, 5) is 27.2. The molecule has 1 N–H and O–H groups in total. The third-order valence-electron chi connectivity index (χ3n) is 5.66. The summed E-state index contributed by atoms with van der Waals surface area (Å²) in [6, 6.07) is 11.4. The zero-order valence-electron chi connectivity index (χ0n) is 17.5. The van der Waals surface area contributed by atoms with E-state index in [4.69, 9.17) is 9.47 Å². The highest BCUT2D eigenvalue weighted by atomic mass is 19.1. The fraction of sp³-hybridized carbons (Fsp3) is 0.280. The Kier molecular flexibility index (Phi) is 6.37. The molecule has 2 fully saturated rings. The van der Waals surface area contributed by atoms with Gasteiger partial charge in [-0.05, 0) is 43.2 Å². The van der Waals surface area contributed by atoms with E-state index in [-0.39, 0.29) is 29.5 Å². The summed E-state index contributed by atoms with van der Waals surface area (Å²) in [6.45, 7) is 4.65. The highest BCUT2D eigenvalue weighted by molar-refractivity contribution is 6.46. The average Bonchev–Trinajstić information content (AvgIpc) is 3.40. The van der Waals surface area contributed by atoms with Crippen LogP contribution in [-0.4, -0.2) is 47.6 Å². The Morgan fingerprint density at radius 1 is 1.22 bits per heavy atom. The van der Waals surface area contributed by atoms with Crippen LogP contribution in [-0.2, 0) is 14.3 Å². The molecule has 2 atom stereocenters. The van der Waals surface area contributed by atoms with Crippen molar-refractivity contribution >= 4 is 17.4 Å². The second-order valence-corrected chi connectivity index (χ2v) is 7.73. The lowest BCUT2D eigenvalue weighted by Gasteiger charge is -2.27. The molecule has 2 aliphatic rings. The van der Waals surface area contributed by atoms with Gasteiger partial charge in [0.05, 0.1) is 17.7 Å². The van der Waals surface area contributed by atoms with Crippen LogP contribution in [0.25, 0.3) is 5.76 Å². The minimum Gasteiger partial charge on any atom is -0.507 e. The zero-order chi connectivity index (χ0) is 22.7. The summed E-state index contributed by atoms with van der Waals surface area (Å²) < 4.78 is 25.9. The lowest BCUT2D eigenvalue weighted by atomic mass is 9.94. The van der Waals surface area contributed by atoms with E-state index < -0.39 is 23.5 Å². The van der Waals surface area contributed by atoms with Crippen molar-refractivity contribution in [1.29, 1.82) is 0 Å². The maximum Gasteiger partial charge on any atom is 0.295 e. The monoisotopic (exact) mass is 437 g/mol. The van der Waals surface area contributed by atoms with Crippen LogP contribution in [0, 0.1) is 5.82 Å². The largest absolute Gasteiger partial charge is 0.507 e. The van der Waals surface area contributed by atoms with Crippen LogP contribution < -0.4 is 4.74 Å². The lowest BCUT2D eigenvalue weighted by Crippen LogP contribution is -2.36. The molecule has 0 bridgehead atoms. The van der Waals surface area contributed by atoms with Gasteiger partial charge in [0.1, 0.15) is 23.9 Å². The smallest absolute Gasteiger partial charge is 0.295 e. The predicted octanol–water partition coefficient (Wildman–Crippen LogP) is 3.99. The van der Waals surface area contributed by atoms with E-state index in [0.29, 0.717) is 24.5 Å². The summed E-state index contributed by atoms with van der Waals surface area (Å²) in [5, 5.41) is 11.0. The summed E-state index contributed by atoms with van der Waals surface area (Å²) >= 11 is 0. The van der Waals surface area contributed by atoms with Crippen molar-refractivity contribution < 1.29 is 28.6 Å². The molecule has 2 aliphatic heterocycles. The molecule has 1 amide bonds. The first-order chi connectivity index (χ1) is 15.5. The van der Waals surface area contributed by atoms with Gasteiger partial charge in [-0.2, -0.15) is 0 Å². The molecule has 2 heterocycles. The summed E-state index contributed by atoms with van der Waals surface area (Å²) in [5.74, 6) is -1.98. The van der Waals surface area contributed by atoms with E-state index in [0.717, 1.165) is 12.8 Å². The van der Waals surface area contributed by atoms with Gasteiger partial charge in [0.15, 0.2) is 0 Å². The van der Waals surface area contributed by atoms with Gasteiger partial charge in [0.25, 0.3) is 11.7 Å². The molecule has 2 aromatic carbocycles. The number of hydrogen-bond acceptors (Lipinski definition) is 5. The summed E-state index contributed by atoms with van der Waals surface area (Å²) in [5.41, 5.74) is 0.336. The molecule has 0 aromatic heterocycles. The number of aliphatic hydroxyl groups excluding tert-OH is 1. The summed E-state index contributed by atoms with van der Waals surface area (Å²) in [7, 11) is 0. The first kappa shape index (κ1) is 21.8. The second-order valence-electron chi connectivity index (χ2n) is 7.73. The molecule has 2 aromatic rings. The quantitative estimate of drug-likeness (QED) is 0.307. The number of benzene rings is 2. The number of hydrogen-bond donors (Lipinski definition) is 1. The van der Waals surface area contributed by atoms with Crippen LogP contribution in [0.1, 0.15) is 30.0 Å². The molecule has 0 aliphatic carbocycles. The van der Waals surface area contributed by atoms with E-state index in [9.17, 15) is 19.1 Å². The first-order valence-electron chi connectivity index (χ1n) is 10.5. The molecular weight excluding hydrogens is 413 g/mol. The van der Waals surface area contributed by atoms with Gasteiger partial charge < -0.3 is 19.5 Å². The molecule has 0 spiro atoms. The number of aliphatic hydroxyl groups is 1. The molecular formula is C25H24FNO5. The van der Waals surface area contributed by atoms with Gasteiger partial charge in [0, 0.05) is 24.3 Å². The van der Waals surface area contributed by atoms with E-state index in [2.05, 4.69) is 6.58 Å². The van der Waals surface area contributed by atoms with Crippen molar-refractivity contribution in [2.24, 2.45) is 0 Å². The molecule has 6 nitrogen and oxygen atoms in total. The predicted molar refractivity (Wildman–Crippen MR) is 117 cm³/mol. The van der Waals surface area contributed by atoms with E-state index >= 15 is 0 Å². The molecule has 166 valence electrons. The first-order valence-corrected chi connectivity index (χ1v) is 10.5. The maximum absolute atomic E-state index is 14.8. The number of ketones is 1. The summed E-state index contributed by atoms with van der Waals surface area (Å²) in [6.07, 6.45) is 2.99. The number of likely N-dealkylation sites (tertiary alicyclic amines) is 1. The van der Waals surface area contributed by atoms with Gasteiger partial charge in [-0.25, -0.2) is 4.39 Å². The molecule has 0 unspecified atom stereocenters. The van der Waals surface area contributed by atoms with Crippen molar-refractivity contribution in [3.63, 3.8) is 0 Å². The van der Waals surface area contributed by atoms with Crippen molar-refractivity contribution in [2.45, 2.75) is 25.0 Å². The van der Waals surface area contributed by atoms with Crippen LogP contribution in [0.5, 0.6) is 5.75 Å². The Bertz CT molecular complexity index is 1060. The lowest BCUT2D eigenvalue weighted by molar-refractivity contribution is -0.140. The Morgan fingerprint density at radius 2 is 1.97 bits per heavy atom. The second kappa shape index (κ2) is 9.36. The molecule has 4 rings (SSSR count). The molecule has 2 saturated heterocycles. The van der Waals surface area contributed by atoms with Crippen LogP contribution in [0.3, 0.4) is 0 Å². The van der Waals surface area contributed by atoms with Gasteiger partial charge in [0.2, 0.25) is 0 Å². The molecule has 0 saturated carbocycles. The number of ether oxygens (including phenoxy) is 2. The highest BCUT2D eigenvalue weighted by Crippen LogP contribution is 2.41. The molecule has 32 heavy (non-hydrogen) atoms. The Balaban J connectivity index is 1.77. The van der Waals surface area contributed by atoms with Gasteiger partial charge in [-0.15, -0.1) is 0 Å². The minimum absolute atomic E-state index is 0.141. The SMILES string of the molecule is C=CCOc1ccc(C(O)=C2C(=O)C(=O)N(C[C@H]3CCCO3)[C@@H]2c2ccccc2F)cc1. The van der Waals surface area contributed by atoms with Gasteiger partial charge in [-0.3, -0.25) is 9.59 Å². The topological polar surface area (TPSA) is 76.1 Å². The Morgan fingerprint density at radius 3 is 2.62 bits per heavy atom. The van der Waals surface area contributed by atoms with E-state index in [1.54, 1.807) is 36.4 Å². The number of Topliss-reactive ketones (excluding diaryl/α,β-unsaturated/α-hetero) is 1. The minimum atomic E-state index is -1.04. The van der Waals surface area contributed by atoms with Crippen molar-refractivity contribution in [2.75, 3.05) is 19.8 Å². The van der Waals surface area contributed by atoms with Crippen LogP contribution in [0.2, 0.25) is 0 Å². The third kappa shape index (κ3) is 4.16. The average molecular weight is 437 g/mol. The van der Waals surface area contributed by atoms with Crippen LogP contribution >= 0.6 is 0 Å². The molecule has 0 radical (unpaired) electrons. The fourth-order valence-electron chi connectivity index (χ4n) is 4.12. The third-order valence-corrected chi connectivity index (χ3v) is 5.66. The maximum atomic E-state index is 14.8. The van der Waals surface area contributed by atoms with Crippen molar-refractivity contribution in [3.05, 3.63) is 83.7 Å². The number of amides is 1. The normalized spacial score (nSPS) is 22.3. The van der Waals surface area contributed by atoms with Crippen LogP contribution in [0.15, 0.2) is 66.8 Å². The van der Waals surface area contributed by atoms with Gasteiger partial charge in [-0.1, -0.05) is 30.9 Å². The number of carbonyl (C=O) groups excluding carboxylic acids is 2. The Labute approximate surface area is 185 Å². The van der Waals surface area contributed by atoms with Crippen molar-refractivity contribution in [3.8, 4) is 5.75 Å². The zero-order valence-corrected chi connectivity index (χ0v) is 17.5. The number of halogens is 1. The standard InChI is InChI=1S/C25H24FNO5/c1-2-13-31-17-11-9-16(10-12-17)23(28)21-22(19-7-3-4-8-20(19)26)27(25(30)24(21)29)15-18-6-5-14-32-18/h2-4,7-12,18,22,28H,1,5-6,13-15H2/t18-,22-/m1/s1. The van der Waals surface area contributed by atoms with E-state index in [1.165, 1.54) is 23.1 Å². The van der Waals surface area contributed by atoms with Crippen molar-refractivity contribution in [1.82, 2.24) is 4.90 Å². The molecule has 7 heteroatoms. The van der Waals surface area contributed by atoms with Gasteiger partial charge >= 0.3 is 0 Å². The fourth-order valence-corrected chi connectivity index (χ4v) is 4.12. The Hall–Kier alpha value is -3.45. The van der Waals surface area contributed by atoms with E-state index in [1.807, 2.05) is 0 Å². The number of carbonyl (C=O) groups is 2. The highest BCUT2D eigenvalue weighted by Gasteiger charge is 2.47. The number of rotatable bonds is 7. The number of nitrogens with zero attached hydrogens (tertiary/aromatic N) is 1. The van der Waals surface area contributed by atoms with Crippen LogP contribution in [0.4, 0.5) is 4.39 Å².